The first-order valence-corrected chi connectivity index (χ1v) is 4.69. The number of carboxylic acid groups (broad SMARTS) is 3. The molecule has 0 aliphatic rings. The van der Waals surface area contributed by atoms with Crippen molar-refractivity contribution >= 4 is 17.9 Å². The quantitative estimate of drug-likeness (QED) is 0.369. The minimum Gasteiger partial charge on any atom is -0.481 e. The highest BCUT2D eigenvalue weighted by molar-refractivity contribution is 5.92. The molecule has 0 atom stereocenters. The number of carbonyl (C=O) groups is 3. The fourth-order valence-electron chi connectivity index (χ4n) is 0.637. The van der Waals surface area contributed by atoms with Gasteiger partial charge in [-0.2, -0.15) is 0 Å². The van der Waals surface area contributed by atoms with Crippen molar-refractivity contribution in [2.45, 2.75) is 19.8 Å². The van der Waals surface area contributed by atoms with Crippen molar-refractivity contribution in [3.05, 3.63) is 24.8 Å². The lowest BCUT2D eigenvalue weighted by molar-refractivity contribution is -0.154. The van der Waals surface area contributed by atoms with Gasteiger partial charge in [-0.3, -0.25) is 9.59 Å². The zero-order valence-electron chi connectivity index (χ0n) is 9.55. The van der Waals surface area contributed by atoms with Crippen molar-refractivity contribution in [2.75, 3.05) is 0 Å². The molecule has 0 saturated carbocycles. The number of aliphatic carboxylic acids is 3. The smallest absolute Gasteiger partial charge is 0.330 e. The fraction of sp³-hybridized carbons (Fsp3) is 0.364. The molecular weight excluding hydrogens is 228 g/mol. The molecule has 0 radical (unpaired) electrons. The van der Waals surface area contributed by atoms with Crippen LogP contribution in [0.2, 0.25) is 0 Å². The Labute approximate surface area is 98.9 Å². The molecule has 0 aliphatic carbocycles. The van der Waals surface area contributed by atoms with E-state index in [9.17, 15) is 14.4 Å². The van der Waals surface area contributed by atoms with Gasteiger partial charge in [0.1, 0.15) is 0 Å². The fourth-order valence-corrected chi connectivity index (χ4v) is 0.637. The SMILES string of the molecule is C=C(C)C(=O)O.C=CCCC(C(=O)O)C(=O)O. The van der Waals surface area contributed by atoms with Gasteiger partial charge in [-0.05, 0) is 19.8 Å². The predicted octanol–water partition coefficient (Wildman–Crippen LogP) is 1.39. The largest absolute Gasteiger partial charge is 0.481 e. The van der Waals surface area contributed by atoms with Gasteiger partial charge in [0.15, 0.2) is 5.92 Å². The number of hydrogen-bond acceptors (Lipinski definition) is 3. The molecule has 0 rings (SSSR count). The average Bonchev–Trinajstić information content (AvgIpc) is 2.17. The van der Waals surface area contributed by atoms with Crippen molar-refractivity contribution in [3.63, 3.8) is 0 Å². The Hall–Kier alpha value is -2.11. The summed E-state index contributed by atoms with van der Waals surface area (Å²) >= 11 is 0. The zero-order valence-corrected chi connectivity index (χ0v) is 9.55. The summed E-state index contributed by atoms with van der Waals surface area (Å²) in [5.41, 5.74) is 0.176. The molecule has 6 nitrogen and oxygen atoms in total. The summed E-state index contributed by atoms with van der Waals surface area (Å²) in [4.78, 5) is 30.1. The molecule has 6 heteroatoms. The summed E-state index contributed by atoms with van der Waals surface area (Å²) in [6.07, 6.45) is 2.01. The van der Waals surface area contributed by atoms with Gasteiger partial charge in [0.2, 0.25) is 0 Å². The molecule has 0 amide bonds. The highest BCUT2D eigenvalue weighted by Crippen LogP contribution is 2.06. The third kappa shape index (κ3) is 10.2. The van der Waals surface area contributed by atoms with Crippen LogP contribution in [0, 0.1) is 5.92 Å². The van der Waals surface area contributed by atoms with Crippen molar-refractivity contribution in [3.8, 4) is 0 Å². The molecule has 0 aromatic rings. The van der Waals surface area contributed by atoms with Gasteiger partial charge in [-0.1, -0.05) is 12.7 Å². The third-order valence-electron chi connectivity index (χ3n) is 1.62. The maximum Gasteiger partial charge on any atom is 0.330 e. The standard InChI is InChI=1S/C7H10O4.C4H6O2/c1-2-3-4-5(6(8)9)7(10)11;1-3(2)4(5)6/h2,5H,1,3-4H2,(H,8,9)(H,10,11);1H2,2H3,(H,5,6). The van der Waals surface area contributed by atoms with E-state index in [1.54, 1.807) is 0 Å². The molecule has 0 saturated heterocycles. The van der Waals surface area contributed by atoms with Gasteiger partial charge >= 0.3 is 17.9 Å². The summed E-state index contributed by atoms with van der Waals surface area (Å²) in [5, 5.41) is 24.6. The highest BCUT2D eigenvalue weighted by atomic mass is 16.4. The van der Waals surface area contributed by atoms with E-state index in [1.165, 1.54) is 13.0 Å². The normalized spacial score (nSPS) is 8.82. The van der Waals surface area contributed by atoms with Gasteiger partial charge in [-0.15, -0.1) is 6.58 Å². The topological polar surface area (TPSA) is 112 Å². The minimum atomic E-state index is -1.30. The van der Waals surface area contributed by atoms with E-state index >= 15 is 0 Å². The number of allylic oxidation sites excluding steroid dienone is 1. The molecule has 0 fully saturated rings. The maximum atomic E-state index is 10.2. The molecule has 96 valence electrons. The van der Waals surface area contributed by atoms with E-state index in [-0.39, 0.29) is 12.0 Å². The van der Waals surface area contributed by atoms with E-state index < -0.39 is 23.8 Å². The first-order chi connectivity index (χ1) is 7.73. The molecule has 0 aromatic carbocycles. The lowest BCUT2D eigenvalue weighted by atomic mass is 10.0. The monoisotopic (exact) mass is 244 g/mol. The molecule has 0 aromatic heterocycles. The molecule has 17 heavy (non-hydrogen) atoms. The Kier molecular flexibility index (Phi) is 9.30. The summed E-state index contributed by atoms with van der Waals surface area (Å²) in [7, 11) is 0. The second-order valence-electron chi connectivity index (χ2n) is 3.18. The number of carboxylic acids is 3. The van der Waals surface area contributed by atoms with Gasteiger partial charge in [0.25, 0.3) is 0 Å². The second-order valence-corrected chi connectivity index (χ2v) is 3.18. The Morgan fingerprint density at radius 3 is 1.71 bits per heavy atom. The zero-order chi connectivity index (χ0) is 14.0. The second kappa shape index (κ2) is 9.14. The summed E-state index contributed by atoms with van der Waals surface area (Å²) < 4.78 is 0. The molecule has 0 bridgehead atoms. The molecule has 0 aliphatic heterocycles. The minimum absolute atomic E-state index is 0.105. The summed E-state index contributed by atoms with van der Waals surface area (Å²) in [6, 6.07) is 0. The van der Waals surface area contributed by atoms with Crippen molar-refractivity contribution in [2.24, 2.45) is 5.92 Å². The van der Waals surface area contributed by atoms with E-state index in [4.69, 9.17) is 15.3 Å². The van der Waals surface area contributed by atoms with Crippen molar-refractivity contribution in [1.82, 2.24) is 0 Å². The molecule has 3 N–H and O–H groups in total. The third-order valence-corrected chi connectivity index (χ3v) is 1.62. The van der Waals surface area contributed by atoms with Crippen molar-refractivity contribution < 1.29 is 29.7 Å². The first-order valence-electron chi connectivity index (χ1n) is 4.69. The Morgan fingerprint density at radius 2 is 1.53 bits per heavy atom. The van der Waals surface area contributed by atoms with Gasteiger partial charge in [0.05, 0.1) is 0 Å². The molecule has 0 unspecified atom stereocenters. The van der Waals surface area contributed by atoms with Crippen LogP contribution in [-0.4, -0.2) is 33.2 Å². The molecule has 0 heterocycles. The first kappa shape index (κ1) is 17.3. The Balaban J connectivity index is 0. The lowest BCUT2D eigenvalue weighted by Gasteiger charge is -2.03. The van der Waals surface area contributed by atoms with Crippen LogP contribution in [0.5, 0.6) is 0 Å². The van der Waals surface area contributed by atoms with E-state index in [2.05, 4.69) is 13.2 Å². The summed E-state index contributed by atoms with van der Waals surface area (Å²) in [5.74, 6) is -4.82. The highest BCUT2D eigenvalue weighted by Gasteiger charge is 2.24. The average molecular weight is 244 g/mol. The number of hydrogen-bond donors (Lipinski definition) is 3. The van der Waals surface area contributed by atoms with Crippen LogP contribution in [-0.2, 0) is 14.4 Å². The summed E-state index contributed by atoms with van der Waals surface area (Å²) in [6.45, 7) is 7.97. The van der Waals surface area contributed by atoms with Crippen LogP contribution in [0.25, 0.3) is 0 Å². The molecule has 0 spiro atoms. The van der Waals surface area contributed by atoms with E-state index in [1.807, 2.05) is 0 Å². The van der Waals surface area contributed by atoms with Gasteiger partial charge < -0.3 is 15.3 Å². The van der Waals surface area contributed by atoms with Crippen molar-refractivity contribution in [1.29, 1.82) is 0 Å². The van der Waals surface area contributed by atoms with Crippen LogP contribution in [0.15, 0.2) is 24.8 Å². The van der Waals surface area contributed by atoms with Crippen LogP contribution in [0.4, 0.5) is 0 Å². The van der Waals surface area contributed by atoms with Crippen LogP contribution in [0.1, 0.15) is 19.8 Å². The lowest BCUT2D eigenvalue weighted by Crippen LogP contribution is -2.22. The van der Waals surface area contributed by atoms with Gasteiger partial charge in [-0.25, -0.2) is 4.79 Å². The Morgan fingerprint density at radius 1 is 1.18 bits per heavy atom. The van der Waals surface area contributed by atoms with Gasteiger partial charge in [0, 0.05) is 5.57 Å². The predicted molar refractivity (Wildman–Crippen MR) is 60.6 cm³/mol. The number of rotatable bonds is 6. The Bertz CT molecular complexity index is 292. The van der Waals surface area contributed by atoms with Crippen LogP contribution in [0.3, 0.4) is 0 Å². The maximum absolute atomic E-state index is 10.2. The van der Waals surface area contributed by atoms with E-state index in [0.717, 1.165) is 0 Å². The van der Waals surface area contributed by atoms with Crippen LogP contribution >= 0.6 is 0 Å². The van der Waals surface area contributed by atoms with Crippen LogP contribution < -0.4 is 0 Å². The molecular formula is C11H16O6. The van der Waals surface area contributed by atoms with E-state index in [0.29, 0.717) is 6.42 Å².